The Hall–Kier alpha value is -2.05. The number of halogens is 1. The third kappa shape index (κ3) is 4.22. The molecule has 2 aromatic rings. The van der Waals surface area contributed by atoms with E-state index in [2.05, 4.69) is 10.3 Å². The Morgan fingerprint density at radius 3 is 2.82 bits per heavy atom. The van der Waals surface area contributed by atoms with E-state index in [1.807, 2.05) is 12.1 Å². The highest BCUT2D eigenvalue weighted by molar-refractivity contribution is 6.18. The predicted octanol–water partition coefficient (Wildman–Crippen LogP) is 2.53. The summed E-state index contributed by atoms with van der Waals surface area (Å²) in [5.74, 6) is 0.0131. The molecule has 0 spiro atoms. The van der Waals surface area contributed by atoms with Crippen LogP contribution < -0.4 is 5.32 Å². The number of esters is 1. The maximum absolute atomic E-state index is 11.5. The van der Waals surface area contributed by atoms with E-state index in [0.29, 0.717) is 12.4 Å². The monoisotopic (exact) mass is 324 g/mol. The van der Waals surface area contributed by atoms with Crippen LogP contribution in [0.25, 0.3) is 11.5 Å². The molecule has 2 N–H and O–H groups in total. The van der Waals surface area contributed by atoms with E-state index in [4.69, 9.17) is 20.8 Å². The van der Waals surface area contributed by atoms with Crippen molar-refractivity contribution in [3.8, 4) is 11.5 Å². The molecule has 0 aliphatic carbocycles. The van der Waals surface area contributed by atoms with Gasteiger partial charge in [0.2, 0.25) is 5.89 Å². The molecule has 6 nitrogen and oxygen atoms in total. The molecule has 7 heteroatoms. The van der Waals surface area contributed by atoms with E-state index in [1.54, 1.807) is 19.1 Å². The second-order valence-corrected chi connectivity index (χ2v) is 4.83. The average Bonchev–Trinajstić information content (AvgIpc) is 3.03. The number of ether oxygens (including phenoxy) is 1. The van der Waals surface area contributed by atoms with Gasteiger partial charge in [0.25, 0.3) is 0 Å². The van der Waals surface area contributed by atoms with E-state index in [9.17, 15) is 9.90 Å². The third-order valence-electron chi connectivity index (χ3n) is 2.84. The third-order valence-corrected chi connectivity index (χ3v) is 3.20. The Balaban J connectivity index is 2.02. The number of alkyl halides is 1. The van der Waals surface area contributed by atoms with E-state index in [1.165, 1.54) is 6.26 Å². The zero-order chi connectivity index (χ0) is 15.9. The molecule has 2 rings (SSSR count). The Kier molecular flexibility index (Phi) is 5.80. The van der Waals surface area contributed by atoms with Gasteiger partial charge in [-0.25, -0.2) is 9.78 Å². The minimum atomic E-state index is -0.597. The molecule has 1 aromatic heterocycles. The molecule has 118 valence electrons. The van der Waals surface area contributed by atoms with Crippen LogP contribution in [0.5, 0.6) is 0 Å². The number of rotatable bonds is 7. The van der Waals surface area contributed by atoms with E-state index < -0.39 is 12.1 Å². The van der Waals surface area contributed by atoms with Crippen molar-refractivity contribution < 1.29 is 19.1 Å². The van der Waals surface area contributed by atoms with Crippen LogP contribution in [-0.2, 0) is 4.74 Å². The van der Waals surface area contributed by atoms with Gasteiger partial charge in [0.15, 0.2) is 5.69 Å². The lowest BCUT2D eigenvalue weighted by molar-refractivity contribution is 0.0519. The van der Waals surface area contributed by atoms with Gasteiger partial charge in [-0.15, -0.1) is 11.6 Å². The summed E-state index contributed by atoms with van der Waals surface area (Å²) >= 11 is 5.53. The molecule has 1 heterocycles. The fourth-order valence-electron chi connectivity index (χ4n) is 1.73. The molecule has 0 aliphatic rings. The zero-order valence-electron chi connectivity index (χ0n) is 12.1. The van der Waals surface area contributed by atoms with Gasteiger partial charge in [0.1, 0.15) is 6.26 Å². The molecule has 0 saturated carbocycles. The number of carbonyl (C=O) groups is 1. The minimum Gasteiger partial charge on any atom is -0.461 e. The van der Waals surface area contributed by atoms with Crippen molar-refractivity contribution in [2.75, 3.05) is 24.3 Å². The fourth-order valence-corrected chi connectivity index (χ4v) is 1.84. The average molecular weight is 325 g/mol. The number of nitrogens with zero attached hydrogens (tertiary/aromatic N) is 1. The molecule has 22 heavy (non-hydrogen) atoms. The van der Waals surface area contributed by atoms with E-state index in [0.717, 1.165) is 11.3 Å². The first-order valence-corrected chi connectivity index (χ1v) is 7.38. The summed E-state index contributed by atoms with van der Waals surface area (Å²) < 4.78 is 10.1. The van der Waals surface area contributed by atoms with Gasteiger partial charge >= 0.3 is 5.97 Å². The van der Waals surface area contributed by atoms with E-state index in [-0.39, 0.29) is 18.2 Å². The molecule has 1 aromatic carbocycles. The number of oxazole rings is 1. The van der Waals surface area contributed by atoms with Crippen LogP contribution in [0, 0.1) is 0 Å². The first-order valence-electron chi connectivity index (χ1n) is 6.85. The molecule has 0 amide bonds. The number of anilines is 1. The highest BCUT2D eigenvalue weighted by Crippen LogP contribution is 2.21. The van der Waals surface area contributed by atoms with Crippen LogP contribution in [0.3, 0.4) is 0 Å². The quantitative estimate of drug-likeness (QED) is 0.601. The highest BCUT2D eigenvalue weighted by atomic mass is 35.5. The van der Waals surface area contributed by atoms with Crippen LogP contribution in [0.15, 0.2) is 34.9 Å². The first kappa shape index (κ1) is 16.3. The van der Waals surface area contributed by atoms with E-state index >= 15 is 0 Å². The van der Waals surface area contributed by atoms with Crippen LogP contribution in [0.1, 0.15) is 17.4 Å². The van der Waals surface area contributed by atoms with Gasteiger partial charge in [-0.3, -0.25) is 0 Å². The van der Waals surface area contributed by atoms with Crippen molar-refractivity contribution in [2.45, 2.75) is 13.0 Å². The number of hydrogen-bond donors (Lipinski definition) is 2. The van der Waals surface area contributed by atoms with Gasteiger partial charge in [-0.05, 0) is 31.2 Å². The van der Waals surface area contributed by atoms with Crippen LogP contribution in [0.2, 0.25) is 0 Å². The molecule has 1 atom stereocenters. The van der Waals surface area contributed by atoms with Crippen LogP contribution in [-0.4, -0.2) is 41.2 Å². The second-order valence-electron chi connectivity index (χ2n) is 4.52. The van der Waals surface area contributed by atoms with Gasteiger partial charge in [-0.2, -0.15) is 0 Å². The normalized spacial score (nSPS) is 12.0. The molecular weight excluding hydrogens is 308 g/mol. The second kappa shape index (κ2) is 7.82. The Labute approximate surface area is 133 Å². The number of hydrogen-bond acceptors (Lipinski definition) is 6. The summed E-state index contributed by atoms with van der Waals surface area (Å²) in [6.45, 7) is 2.39. The molecule has 0 saturated heterocycles. The Morgan fingerprint density at radius 2 is 2.18 bits per heavy atom. The zero-order valence-corrected chi connectivity index (χ0v) is 12.8. The largest absolute Gasteiger partial charge is 0.461 e. The van der Waals surface area contributed by atoms with Crippen molar-refractivity contribution >= 4 is 23.3 Å². The van der Waals surface area contributed by atoms with Gasteiger partial charge in [0.05, 0.1) is 18.6 Å². The summed E-state index contributed by atoms with van der Waals surface area (Å²) in [7, 11) is 0. The van der Waals surface area contributed by atoms with Gasteiger partial charge in [0, 0.05) is 17.8 Å². The van der Waals surface area contributed by atoms with Crippen molar-refractivity contribution in [1.29, 1.82) is 0 Å². The molecule has 0 radical (unpaired) electrons. The molecule has 1 unspecified atom stereocenters. The minimum absolute atomic E-state index is 0.143. The predicted molar refractivity (Wildman–Crippen MR) is 83.1 cm³/mol. The summed E-state index contributed by atoms with van der Waals surface area (Å²) in [5, 5.41) is 12.4. The van der Waals surface area contributed by atoms with Gasteiger partial charge in [-0.1, -0.05) is 0 Å². The number of carbonyl (C=O) groups excluding carboxylic acids is 1. The van der Waals surface area contributed by atoms with Crippen LogP contribution in [0.4, 0.5) is 5.69 Å². The standard InChI is InChI=1S/C15H17ClN2O4/c1-2-21-15(20)13-9-22-14(18-13)10-3-5-11(6-4-10)17-8-12(19)7-16/h3-6,9,12,17,19H,2,7-8H2,1H3. The number of aliphatic hydroxyl groups is 1. The molecule has 0 bridgehead atoms. The number of aliphatic hydroxyl groups excluding tert-OH is 1. The maximum atomic E-state index is 11.5. The summed E-state index contributed by atoms with van der Waals surface area (Å²) in [6.07, 6.45) is 0.677. The lowest BCUT2D eigenvalue weighted by atomic mass is 10.2. The highest BCUT2D eigenvalue weighted by Gasteiger charge is 2.14. The topological polar surface area (TPSA) is 84.6 Å². The summed E-state index contributed by atoms with van der Waals surface area (Å²) in [4.78, 5) is 15.6. The number of benzene rings is 1. The molecule has 0 fully saturated rings. The summed E-state index contributed by atoms with van der Waals surface area (Å²) in [5.41, 5.74) is 1.72. The maximum Gasteiger partial charge on any atom is 0.360 e. The van der Waals surface area contributed by atoms with Gasteiger partial charge < -0.3 is 19.6 Å². The smallest absolute Gasteiger partial charge is 0.360 e. The van der Waals surface area contributed by atoms with Crippen molar-refractivity contribution in [2.24, 2.45) is 0 Å². The molecular formula is C15H17ClN2O4. The summed E-state index contributed by atoms with van der Waals surface area (Å²) in [6, 6.07) is 7.25. The van der Waals surface area contributed by atoms with Crippen molar-refractivity contribution in [3.05, 3.63) is 36.2 Å². The lowest BCUT2D eigenvalue weighted by Crippen LogP contribution is -2.20. The fraction of sp³-hybridized carbons (Fsp3) is 0.333. The van der Waals surface area contributed by atoms with Crippen molar-refractivity contribution in [3.63, 3.8) is 0 Å². The van der Waals surface area contributed by atoms with Crippen LogP contribution >= 0.6 is 11.6 Å². The Bertz CT molecular complexity index is 612. The first-order chi connectivity index (χ1) is 10.6. The van der Waals surface area contributed by atoms with Crippen molar-refractivity contribution in [1.82, 2.24) is 4.98 Å². The lowest BCUT2D eigenvalue weighted by Gasteiger charge is -2.09. The Morgan fingerprint density at radius 1 is 1.45 bits per heavy atom. The SMILES string of the molecule is CCOC(=O)c1coc(-c2ccc(NCC(O)CCl)cc2)n1. The molecule has 0 aliphatic heterocycles. The number of aromatic nitrogens is 1. The number of nitrogens with one attached hydrogen (secondary N) is 1.